The average molecular weight is 290 g/mol. The summed E-state index contributed by atoms with van der Waals surface area (Å²) in [6.45, 7) is 2.00. The van der Waals surface area contributed by atoms with Crippen LogP contribution >= 0.6 is 11.3 Å². The lowest BCUT2D eigenvalue weighted by Gasteiger charge is -2.25. The third-order valence-electron chi connectivity index (χ3n) is 3.35. The van der Waals surface area contributed by atoms with Crippen molar-refractivity contribution in [2.24, 2.45) is 0 Å². The predicted octanol–water partition coefficient (Wildman–Crippen LogP) is 3.17. The van der Waals surface area contributed by atoms with E-state index >= 15 is 0 Å². The number of carbonyl (C=O) groups excluding carboxylic acids is 1. The molecule has 1 aromatic carbocycles. The van der Waals surface area contributed by atoms with Crippen LogP contribution in [0, 0.1) is 0 Å². The van der Waals surface area contributed by atoms with Crippen LogP contribution in [0.4, 0.5) is 5.69 Å². The number of nitrogen functional groups attached to an aromatic ring is 1. The molecule has 0 radical (unpaired) electrons. The van der Waals surface area contributed by atoms with Crippen molar-refractivity contribution in [3.8, 4) is 5.75 Å². The van der Waals surface area contributed by atoms with Gasteiger partial charge in [-0.05, 0) is 30.5 Å². The topological polar surface area (TPSA) is 55.6 Å². The molecule has 2 N–H and O–H groups in total. The molecule has 5 heteroatoms. The molecule has 0 saturated heterocycles. The van der Waals surface area contributed by atoms with Gasteiger partial charge in [0.15, 0.2) is 0 Å². The maximum absolute atomic E-state index is 12.7. The highest BCUT2D eigenvalue weighted by atomic mass is 32.1. The quantitative estimate of drug-likeness (QED) is 0.880. The molecule has 1 heterocycles. The van der Waals surface area contributed by atoms with E-state index in [2.05, 4.69) is 0 Å². The first-order valence-corrected chi connectivity index (χ1v) is 7.17. The van der Waals surface area contributed by atoms with Crippen molar-refractivity contribution in [2.75, 3.05) is 19.9 Å². The smallest absolute Gasteiger partial charge is 0.260 e. The molecule has 1 aromatic heterocycles. The largest absolute Gasteiger partial charge is 0.496 e. The Morgan fingerprint density at radius 3 is 2.70 bits per heavy atom. The zero-order chi connectivity index (χ0) is 14.7. The molecular weight excluding hydrogens is 272 g/mol. The van der Waals surface area contributed by atoms with Gasteiger partial charge in [-0.2, -0.15) is 0 Å². The van der Waals surface area contributed by atoms with Crippen molar-refractivity contribution in [1.29, 1.82) is 0 Å². The first kappa shape index (κ1) is 14.4. The third kappa shape index (κ3) is 2.63. The molecule has 0 aliphatic heterocycles. The highest BCUT2D eigenvalue weighted by Gasteiger charge is 2.24. The summed E-state index contributed by atoms with van der Waals surface area (Å²) in [6.07, 6.45) is 0. The van der Waals surface area contributed by atoms with Crippen LogP contribution in [0.5, 0.6) is 5.75 Å². The Balaban J connectivity index is 2.32. The first-order valence-electron chi connectivity index (χ1n) is 6.29. The molecular formula is C15H18N2O2S. The Kier molecular flexibility index (Phi) is 4.29. The molecule has 1 atom stereocenters. The predicted molar refractivity (Wildman–Crippen MR) is 82.2 cm³/mol. The summed E-state index contributed by atoms with van der Waals surface area (Å²) in [5, 5.41) is 2.00. The monoisotopic (exact) mass is 290 g/mol. The van der Waals surface area contributed by atoms with Gasteiger partial charge in [0.25, 0.3) is 5.91 Å². The number of nitrogens with zero attached hydrogens (tertiary/aromatic N) is 1. The minimum Gasteiger partial charge on any atom is -0.496 e. The van der Waals surface area contributed by atoms with Crippen LogP contribution < -0.4 is 10.5 Å². The lowest BCUT2D eigenvalue weighted by atomic mass is 10.1. The van der Waals surface area contributed by atoms with Gasteiger partial charge in [-0.1, -0.05) is 12.1 Å². The fourth-order valence-corrected chi connectivity index (χ4v) is 2.85. The number of hydrogen-bond acceptors (Lipinski definition) is 4. The van der Waals surface area contributed by atoms with Gasteiger partial charge in [-0.15, -0.1) is 11.3 Å². The van der Waals surface area contributed by atoms with Gasteiger partial charge < -0.3 is 15.4 Å². The minimum absolute atomic E-state index is 0.00758. The number of carbonyl (C=O) groups is 1. The second-order valence-corrected chi connectivity index (χ2v) is 5.51. The molecule has 1 amide bonds. The first-order chi connectivity index (χ1) is 9.56. The highest BCUT2D eigenvalue weighted by molar-refractivity contribution is 7.10. The Bertz CT molecular complexity index is 596. The van der Waals surface area contributed by atoms with Crippen molar-refractivity contribution in [3.63, 3.8) is 0 Å². The van der Waals surface area contributed by atoms with Gasteiger partial charge >= 0.3 is 0 Å². The van der Waals surface area contributed by atoms with Gasteiger partial charge in [0.2, 0.25) is 0 Å². The van der Waals surface area contributed by atoms with Crippen molar-refractivity contribution < 1.29 is 9.53 Å². The molecule has 0 fully saturated rings. The Hall–Kier alpha value is -2.01. The van der Waals surface area contributed by atoms with E-state index in [1.807, 2.05) is 24.4 Å². The van der Waals surface area contributed by atoms with E-state index in [4.69, 9.17) is 10.5 Å². The molecule has 2 aromatic rings. The van der Waals surface area contributed by atoms with Gasteiger partial charge in [-0.25, -0.2) is 0 Å². The number of benzene rings is 1. The van der Waals surface area contributed by atoms with Crippen LogP contribution in [-0.4, -0.2) is 25.0 Å². The number of rotatable bonds is 4. The van der Waals surface area contributed by atoms with Crippen molar-refractivity contribution >= 4 is 22.9 Å². The zero-order valence-corrected chi connectivity index (χ0v) is 12.6. The van der Waals surface area contributed by atoms with Crippen LogP contribution in [0.1, 0.15) is 28.2 Å². The number of methoxy groups -OCH3 is 1. The average Bonchev–Trinajstić information content (AvgIpc) is 2.98. The van der Waals surface area contributed by atoms with E-state index in [0.29, 0.717) is 17.0 Å². The Labute approximate surface area is 122 Å². The lowest BCUT2D eigenvalue weighted by Crippen LogP contribution is -2.30. The van der Waals surface area contributed by atoms with E-state index in [0.717, 1.165) is 4.88 Å². The SMILES string of the molecule is COc1cccc(N)c1C(=O)N(C)C(C)c1cccs1. The van der Waals surface area contributed by atoms with Crippen LogP contribution in [0.15, 0.2) is 35.7 Å². The second-order valence-electron chi connectivity index (χ2n) is 4.53. The maximum Gasteiger partial charge on any atom is 0.260 e. The minimum atomic E-state index is -0.138. The molecule has 2 rings (SSSR count). The van der Waals surface area contributed by atoms with Crippen LogP contribution in [0.2, 0.25) is 0 Å². The van der Waals surface area contributed by atoms with Gasteiger partial charge in [0.1, 0.15) is 11.3 Å². The zero-order valence-electron chi connectivity index (χ0n) is 11.8. The van der Waals surface area contributed by atoms with E-state index < -0.39 is 0 Å². The van der Waals surface area contributed by atoms with Gasteiger partial charge in [-0.3, -0.25) is 4.79 Å². The number of ether oxygens (including phenoxy) is 1. The Morgan fingerprint density at radius 1 is 1.35 bits per heavy atom. The van der Waals surface area contributed by atoms with E-state index in [-0.39, 0.29) is 11.9 Å². The fraction of sp³-hybridized carbons (Fsp3) is 0.267. The van der Waals surface area contributed by atoms with Gasteiger partial charge in [0, 0.05) is 17.6 Å². The van der Waals surface area contributed by atoms with Crippen LogP contribution in [-0.2, 0) is 0 Å². The van der Waals surface area contributed by atoms with E-state index in [1.165, 1.54) is 7.11 Å². The van der Waals surface area contributed by atoms with Crippen molar-refractivity contribution in [2.45, 2.75) is 13.0 Å². The molecule has 0 spiro atoms. The lowest BCUT2D eigenvalue weighted by molar-refractivity contribution is 0.0742. The van der Waals surface area contributed by atoms with Gasteiger partial charge in [0.05, 0.1) is 13.2 Å². The van der Waals surface area contributed by atoms with Crippen molar-refractivity contribution in [1.82, 2.24) is 4.90 Å². The fourth-order valence-electron chi connectivity index (χ4n) is 2.02. The summed E-state index contributed by atoms with van der Waals surface area (Å²) in [6, 6.07) is 9.21. The third-order valence-corrected chi connectivity index (χ3v) is 4.39. The number of amides is 1. The van der Waals surface area contributed by atoms with Crippen LogP contribution in [0.25, 0.3) is 0 Å². The molecule has 0 aliphatic rings. The number of hydrogen-bond donors (Lipinski definition) is 1. The number of nitrogens with two attached hydrogens (primary N) is 1. The summed E-state index contributed by atoms with van der Waals surface area (Å²) >= 11 is 1.63. The summed E-state index contributed by atoms with van der Waals surface area (Å²) in [5.41, 5.74) is 6.78. The summed E-state index contributed by atoms with van der Waals surface area (Å²) in [4.78, 5) is 15.5. The highest BCUT2D eigenvalue weighted by Crippen LogP contribution is 2.30. The molecule has 1 unspecified atom stereocenters. The number of anilines is 1. The van der Waals surface area contributed by atoms with E-state index in [1.54, 1.807) is 41.5 Å². The molecule has 106 valence electrons. The van der Waals surface area contributed by atoms with Crippen molar-refractivity contribution in [3.05, 3.63) is 46.2 Å². The summed E-state index contributed by atoms with van der Waals surface area (Å²) < 4.78 is 5.24. The second kappa shape index (κ2) is 5.96. The molecule has 0 aliphatic carbocycles. The van der Waals surface area contributed by atoms with Crippen LogP contribution in [0.3, 0.4) is 0 Å². The molecule has 20 heavy (non-hydrogen) atoms. The molecule has 0 bridgehead atoms. The molecule has 4 nitrogen and oxygen atoms in total. The summed E-state index contributed by atoms with van der Waals surface area (Å²) in [5.74, 6) is 0.362. The standard InChI is InChI=1S/C15H18N2O2S/c1-10(13-8-5-9-20-13)17(2)15(18)14-11(16)6-4-7-12(14)19-3/h4-10H,16H2,1-3H3. The summed E-state index contributed by atoms with van der Waals surface area (Å²) in [7, 11) is 3.31. The molecule has 0 saturated carbocycles. The normalized spacial score (nSPS) is 11.9. The van der Waals surface area contributed by atoms with E-state index in [9.17, 15) is 4.79 Å². The Morgan fingerprint density at radius 2 is 2.10 bits per heavy atom. The number of thiophene rings is 1. The maximum atomic E-state index is 12.7.